The van der Waals surface area contributed by atoms with Crippen LogP contribution in [0, 0.1) is 5.82 Å². The Bertz CT molecular complexity index is 1560. The molecule has 0 atom stereocenters. The van der Waals surface area contributed by atoms with Crippen molar-refractivity contribution in [2.24, 2.45) is 0 Å². The van der Waals surface area contributed by atoms with Crippen molar-refractivity contribution in [3.63, 3.8) is 0 Å². The van der Waals surface area contributed by atoms with Crippen molar-refractivity contribution in [3.05, 3.63) is 81.5 Å². The lowest BCUT2D eigenvalue weighted by molar-refractivity contribution is -0.138. The summed E-state index contributed by atoms with van der Waals surface area (Å²) >= 11 is 0. The summed E-state index contributed by atoms with van der Waals surface area (Å²) in [6, 6.07) is 9.29. The van der Waals surface area contributed by atoms with Gasteiger partial charge in [-0.15, -0.1) is 0 Å². The minimum absolute atomic E-state index is 0.0638. The molecule has 1 aromatic heterocycles. The van der Waals surface area contributed by atoms with Crippen LogP contribution in [0.5, 0.6) is 0 Å². The van der Waals surface area contributed by atoms with E-state index in [2.05, 4.69) is 20.5 Å². The second kappa shape index (κ2) is 12.6. The molecule has 2 amide bonds. The third kappa shape index (κ3) is 7.07. The van der Waals surface area contributed by atoms with Gasteiger partial charge >= 0.3 is 6.18 Å². The first-order valence-electron chi connectivity index (χ1n) is 14.3. The number of halogens is 4. The number of nitrogens with one attached hydrogen (secondary N) is 3. The third-order valence-electron chi connectivity index (χ3n) is 8.04. The second-order valence-corrected chi connectivity index (χ2v) is 11.1. The number of benzene rings is 2. The molecule has 1 aliphatic carbocycles. The SMILES string of the molecule is CN1CCN(c2ccc(-c3cc(C(=O)NC4CCCCC4)ccc3F)cc2NC(=O)c2c[nH]c(=O)cc2C(F)(F)F)CC1. The van der Waals surface area contributed by atoms with Crippen LogP contribution in [0.2, 0.25) is 0 Å². The number of likely N-dealkylation sites (N-methyl/N-ethyl adjacent to an activating group) is 1. The van der Waals surface area contributed by atoms with Crippen molar-refractivity contribution >= 4 is 23.2 Å². The van der Waals surface area contributed by atoms with E-state index in [0.717, 1.165) is 51.4 Å². The van der Waals surface area contributed by atoms with Crippen LogP contribution in [0.3, 0.4) is 0 Å². The maximum Gasteiger partial charge on any atom is 0.417 e. The molecule has 2 fully saturated rings. The molecule has 12 heteroatoms. The van der Waals surface area contributed by atoms with Gasteiger partial charge in [-0.05, 0) is 55.8 Å². The summed E-state index contributed by atoms with van der Waals surface area (Å²) in [5.41, 5.74) is -1.68. The number of pyridine rings is 1. The number of anilines is 2. The monoisotopic (exact) mass is 599 g/mol. The number of amides is 2. The Morgan fingerprint density at radius 2 is 1.65 bits per heavy atom. The first-order chi connectivity index (χ1) is 20.5. The highest BCUT2D eigenvalue weighted by Gasteiger charge is 2.36. The second-order valence-electron chi connectivity index (χ2n) is 11.1. The van der Waals surface area contributed by atoms with Crippen molar-refractivity contribution in [2.75, 3.05) is 43.4 Å². The number of aromatic amines is 1. The zero-order valence-electron chi connectivity index (χ0n) is 23.7. The van der Waals surface area contributed by atoms with Crippen LogP contribution in [0.1, 0.15) is 58.4 Å². The van der Waals surface area contributed by atoms with Gasteiger partial charge in [0, 0.05) is 55.6 Å². The number of nitrogens with zero attached hydrogens (tertiary/aromatic N) is 2. The maximum absolute atomic E-state index is 15.2. The summed E-state index contributed by atoms with van der Waals surface area (Å²) in [4.78, 5) is 44.1. The molecule has 0 bridgehead atoms. The Balaban J connectivity index is 1.50. The summed E-state index contributed by atoms with van der Waals surface area (Å²) in [6.45, 7) is 2.63. The van der Waals surface area contributed by atoms with Crippen LogP contribution in [0.15, 0.2) is 53.5 Å². The summed E-state index contributed by atoms with van der Waals surface area (Å²) in [5.74, 6) is -2.00. The van der Waals surface area contributed by atoms with E-state index in [1.165, 1.54) is 24.3 Å². The normalized spacial score (nSPS) is 16.6. The number of hydrogen-bond donors (Lipinski definition) is 3. The predicted octanol–water partition coefficient (Wildman–Crippen LogP) is 5.27. The average Bonchev–Trinajstić information content (AvgIpc) is 2.98. The summed E-state index contributed by atoms with van der Waals surface area (Å²) < 4.78 is 56.2. The molecule has 1 aliphatic heterocycles. The molecule has 8 nitrogen and oxygen atoms in total. The lowest BCUT2D eigenvalue weighted by Gasteiger charge is -2.35. The van der Waals surface area contributed by atoms with E-state index >= 15 is 4.39 Å². The van der Waals surface area contributed by atoms with Crippen molar-refractivity contribution in [2.45, 2.75) is 44.3 Å². The molecule has 2 aromatic carbocycles. The first kappa shape index (κ1) is 30.3. The standard InChI is InChI=1S/C31H33F4N5O3/c1-39-11-13-40(14-12-39)27-10-8-19(16-26(27)38-30(43)23-18-36-28(41)17-24(23)31(33,34)35)22-15-20(7-9-25(22)32)29(42)37-21-5-3-2-4-6-21/h7-10,15-18,21H,2-6,11-14H2,1H3,(H,36,41)(H,37,42)(H,38,43). The van der Waals surface area contributed by atoms with Gasteiger partial charge < -0.3 is 25.4 Å². The van der Waals surface area contributed by atoms with Gasteiger partial charge in [-0.25, -0.2) is 4.39 Å². The van der Waals surface area contributed by atoms with E-state index in [1.807, 2.05) is 11.9 Å². The molecule has 2 heterocycles. The van der Waals surface area contributed by atoms with E-state index in [4.69, 9.17) is 0 Å². The summed E-state index contributed by atoms with van der Waals surface area (Å²) in [6.07, 6.45) is 0.785. The Kier molecular flexibility index (Phi) is 8.86. The fourth-order valence-corrected chi connectivity index (χ4v) is 5.61. The molecule has 3 N–H and O–H groups in total. The zero-order valence-corrected chi connectivity index (χ0v) is 23.7. The molecule has 0 unspecified atom stereocenters. The number of carbonyl (C=O) groups excluding carboxylic acids is 2. The van der Waals surface area contributed by atoms with Gasteiger partial charge in [0.05, 0.1) is 22.5 Å². The van der Waals surface area contributed by atoms with Crippen molar-refractivity contribution in [1.29, 1.82) is 0 Å². The average molecular weight is 600 g/mol. The molecule has 5 rings (SSSR count). The van der Waals surface area contributed by atoms with Gasteiger partial charge in [0.1, 0.15) is 5.82 Å². The molecule has 3 aromatic rings. The van der Waals surface area contributed by atoms with Crippen LogP contribution < -0.4 is 21.1 Å². The van der Waals surface area contributed by atoms with Gasteiger partial charge in [-0.1, -0.05) is 25.3 Å². The zero-order chi connectivity index (χ0) is 30.7. The largest absolute Gasteiger partial charge is 0.417 e. The highest BCUT2D eigenvalue weighted by Crippen LogP contribution is 2.36. The third-order valence-corrected chi connectivity index (χ3v) is 8.04. The number of rotatable bonds is 6. The molecule has 43 heavy (non-hydrogen) atoms. The van der Waals surface area contributed by atoms with E-state index in [9.17, 15) is 27.6 Å². The van der Waals surface area contributed by atoms with E-state index in [0.29, 0.717) is 30.4 Å². The summed E-state index contributed by atoms with van der Waals surface area (Å²) in [5, 5.41) is 5.59. The quantitative estimate of drug-likeness (QED) is 0.336. The van der Waals surface area contributed by atoms with Crippen LogP contribution in [0.25, 0.3) is 11.1 Å². The summed E-state index contributed by atoms with van der Waals surface area (Å²) in [7, 11) is 1.97. The topological polar surface area (TPSA) is 97.5 Å². The fourth-order valence-electron chi connectivity index (χ4n) is 5.61. The highest BCUT2D eigenvalue weighted by molar-refractivity contribution is 6.07. The van der Waals surface area contributed by atoms with Gasteiger partial charge in [0.2, 0.25) is 5.56 Å². The van der Waals surface area contributed by atoms with Crippen LogP contribution in [-0.2, 0) is 6.18 Å². The lowest BCUT2D eigenvalue weighted by Crippen LogP contribution is -2.44. The van der Waals surface area contributed by atoms with Crippen molar-refractivity contribution in [3.8, 4) is 11.1 Å². The fraction of sp³-hybridized carbons (Fsp3) is 0.387. The van der Waals surface area contributed by atoms with Gasteiger partial charge in [0.15, 0.2) is 0 Å². The molecule has 0 radical (unpaired) electrons. The molecule has 0 spiro atoms. The van der Waals surface area contributed by atoms with Crippen molar-refractivity contribution < 1.29 is 27.2 Å². The Labute approximate surface area is 246 Å². The van der Waals surface area contributed by atoms with E-state index in [1.54, 1.807) is 12.1 Å². The van der Waals surface area contributed by atoms with Gasteiger partial charge in [-0.3, -0.25) is 14.4 Å². The number of aromatic nitrogens is 1. The van der Waals surface area contributed by atoms with Crippen LogP contribution >= 0.6 is 0 Å². The van der Waals surface area contributed by atoms with Crippen LogP contribution in [-0.4, -0.2) is 61.0 Å². The number of hydrogen-bond acceptors (Lipinski definition) is 5. The van der Waals surface area contributed by atoms with Gasteiger partial charge in [-0.2, -0.15) is 13.2 Å². The number of alkyl halides is 3. The predicted molar refractivity (Wildman–Crippen MR) is 156 cm³/mol. The lowest BCUT2D eigenvalue weighted by atomic mass is 9.95. The molecule has 1 saturated heterocycles. The Hall–Kier alpha value is -4.19. The molecular formula is C31H33F4N5O3. The van der Waals surface area contributed by atoms with Crippen molar-refractivity contribution in [1.82, 2.24) is 15.2 Å². The van der Waals surface area contributed by atoms with E-state index < -0.39 is 34.6 Å². The number of carbonyl (C=O) groups is 2. The molecular weight excluding hydrogens is 566 g/mol. The van der Waals surface area contributed by atoms with Gasteiger partial charge in [0.25, 0.3) is 11.8 Å². The number of piperazine rings is 1. The molecule has 2 aliphatic rings. The molecule has 228 valence electrons. The number of H-pyrrole nitrogens is 1. The Morgan fingerprint density at radius 3 is 2.35 bits per heavy atom. The maximum atomic E-state index is 15.2. The minimum Gasteiger partial charge on any atom is -0.367 e. The minimum atomic E-state index is -4.94. The smallest absolute Gasteiger partial charge is 0.367 e. The first-order valence-corrected chi connectivity index (χ1v) is 14.3. The van der Waals surface area contributed by atoms with Crippen LogP contribution in [0.4, 0.5) is 28.9 Å². The highest BCUT2D eigenvalue weighted by atomic mass is 19.4. The Morgan fingerprint density at radius 1 is 0.930 bits per heavy atom. The van der Waals surface area contributed by atoms with E-state index in [-0.39, 0.29) is 28.8 Å². The molecule has 1 saturated carbocycles.